The Kier molecular flexibility index (Phi) is 2.32. The highest BCUT2D eigenvalue weighted by Gasteiger charge is 2.06. The van der Waals surface area contributed by atoms with Gasteiger partial charge in [-0.1, -0.05) is 0 Å². The summed E-state index contributed by atoms with van der Waals surface area (Å²) in [7, 11) is 0. The summed E-state index contributed by atoms with van der Waals surface area (Å²) >= 11 is 0. The molecule has 0 saturated carbocycles. The number of nitrogens with two attached hydrogens (primary N) is 1. The number of carbonyl (C=O) groups is 1. The van der Waals surface area contributed by atoms with E-state index in [-0.39, 0.29) is 5.78 Å². The maximum absolute atomic E-state index is 10.9. The average molecular weight is 205 g/mol. The van der Waals surface area contributed by atoms with Crippen LogP contribution in [0.15, 0.2) is 12.5 Å². The van der Waals surface area contributed by atoms with Gasteiger partial charge in [0, 0.05) is 13.0 Å². The van der Waals surface area contributed by atoms with Crippen molar-refractivity contribution >= 4 is 22.6 Å². The van der Waals surface area contributed by atoms with Crippen LogP contribution in [0.4, 0.5) is 5.82 Å². The zero-order valence-electron chi connectivity index (χ0n) is 8.34. The zero-order valence-corrected chi connectivity index (χ0v) is 8.34. The van der Waals surface area contributed by atoms with Gasteiger partial charge in [-0.15, -0.1) is 5.10 Å². The fourth-order valence-electron chi connectivity index (χ4n) is 1.37. The lowest BCUT2D eigenvalue weighted by Crippen LogP contribution is -2.02. The van der Waals surface area contributed by atoms with Gasteiger partial charge in [-0.2, -0.15) is 5.10 Å². The van der Waals surface area contributed by atoms with Crippen molar-refractivity contribution < 1.29 is 4.79 Å². The molecule has 78 valence electrons. The number of hydrogen-bond donors (Lipinski definition) is 1. The average Bonchev–Trinajstić information content (AvgIpc) is 2.59. The van der Waals surface area contributed by atoms with E-state index in [1.54, 1.807) is 19.4 Å². The van der Waals surface area contributed by atoms with Gasteiger partial charge in [0.25, 0.3) is 0 Å². The Morgan fingerprint density at radius 1 is 1.60 bits per heavy atom. The minimum atomic E-state index is 0.145. The van der Waals surface area contributed by atoms with E-state index in [0.717, 1.165) is 5.52 Å². The summed E-state index contributed by atoms with van der Waals surface area (Å²) in [6.45, 7) is 2.16. The van der Waals surface area contributed by atoms with E-state index in [9.17, 15) is 4.79 Å². The summed E-state index contributed by atoms with van der Waals surface area (Å²) in [5, 5.41) is 7.45. The second kappa shape index (κ2) is 3.64. The highest BCUT2D eigenvalue weighted by Crippen LogP contribution is 2.15. The summed E-state index contributed by atoms with van der Waals surface area (Å²) in [4.78, 5) is 15.0. The molecule has 0 spiro atoms. The van der Waals surface area contributed by atoms with E-state index in [2.05, 4.69) is 15.2 Å². The highest BCUT2D eigenvalue weighted by molar-refractivity contribution is 5.83. The van der Waals surface area contributed by atoms with E-state index in [0.29, 0.717) is 24.3 Å². The van der Waals surface area contributed by atoms with Crippen LogP contribution in [0.1, 0.15) is 13.3 Å². The first-order valence-corrected chi connectivity index (χ1v) is 4.60. The second-order valence-electron chi connectivity index (χ2n) is 3.35. The van der Waals surface area contributed by atoms with Gasteiger partial charge < -0.3 is 10.3 Å². The Morgan fingerprint density at radius 3 is 3.13 bits per heavy atom. The van der Waals surface area contributed by atoms with E-state index in [1.807, 2.05) is 4.57 Å². The van der Waals surface area contributed by atoms with Gasteiger partial charge in [0.1, 0.15) is 11.3 Å². The number of imidazole rings is 1. The van der Waals surface area contributed by atoms with Crippen LogP contribution in [0.5, 0.6) is 0 Å². The molecular weight excluding hydrogens is 194 g/mol. The molecule has 0 atom stereocenters. The molecule has 0 amide bonds. The topological polar surface area (TPSA) is 86.7 Å². The number of Topliss-reactive ketones (excluding diaryl/α,β-unsaturated/α-hetero) is 1. The van der Waals surface area contributed by atoms with Crippen molar-refractivity contribution in [2.75, 3.05) is 5.73 Å². The lowest BCUT2D eigenvalue weighted by molar-refractivity contribution is -0.117. The van der Waals surface area contributed by atoms with Crippen LogP contribution in [0.25, 0.3) is 11.0 Å². The van der Waals surface area contributed by atoms with Gasteiger partial charge in [0.05, 0.1) is 18.0 Å². The quantitative estimate of drug-likeness (QED) is 0.783. The predicted molar refractivity (Wildman–Crippen MR) is 55.0 cm³/mol. The lowest BCUT2D eigenvalue weighted by atomic mass is 10.3. The number of fused-ring (bicyclic) bond motifs is 1. The fourth-order valence-corrected chi connectivity index (χ4v) is 1.37. The molecular formula is C9H11N5O. The first-order chi connectivity index (χ1) is 7.18. The molecule has 2 aromatic rings. The van der Waals surface area contributed by atoms with Crippen molar-refractivity contribution in [1.82, 2.24) is 19.7 Å². The normalized spacial score (nSPS) is 10.7. The van der Waals surface area contributed by atoms with Crippen LogP contribution in [0, 0.1) is 0 Å². The molecule has 2 N–H and O–H groups in total. The van der Waals surface area contributed by atoms with Crippen molar-refractivity contribution in [2.24, 2.45) is 0 Å². The number of rotatable bonds is 3. The molecule has 0 bridgehead atoms. The third kappa shape index (κ3) is 1.78. The molecule has 15 heavy (non-hydrogen) atoms. The number of hydrogen-bond acceptors (Lipinski definition) is 5. The lowest BCUT2D eigenvalue weighted by Gasteiger charge is -2.01. The minimum absolute atomic E-state index is 0.145. The molecule has 0 aliphatic heterocycles. The summed E-state index contributed by atoms with van der Waals surface area (Å²) in [5.41, 5.74) is 7.05. The molecule has 2 aromatic heterocycles. The van der Waals surface area contributed by atoms with Crippen molar-refractivity contribution in [3.05, 3.63) is 12.5 Å². The maximum atomic E-state index is 10.9. The molecule has 0 saturated heterocycles. The number of carbonyl (C=O) groups excluding carboxylic acids is 1. The van der Waals surface area contributed by atoms with Crippen molar-refractivity contribution in [3.63, 3.8) is 0 Å². The largest absolute Gasteiger partial charge is 0.380 e. The number of ketones is 1. The Bertz CT molecular complexity index is 504. The van der Waals surface area contributed by atoms with Crippen LogP contribution in [-0.2, 0) is 11.3 Å². The smallest absolute Gasteiger partial charge is 0.174 e. The van der Waals surface area contributed by atoms with Gasteiger partial charge in [0.2, 0.25) is 0 Å². The Balaban J connectivity index is 2.37. The molecule has 0 unspecified atom stereocenters. The van der Waals surface area contributed by atoms with E-state index < -0.39 is 0 Å². The van der Waals surface area contributed by atoms with Crippen LogP contribution in [-0.4, -0.2) is 25.5 Å². The summed E-state index contributed by atoms with van der Waals surface area (Å²) in [6, 6.07) is 0. The van der Waals surface area contributed by atoms with Gasteiger partial charge >= 0.3 is 0 Å². The Labute approximate surface area is 86.1 Å². The summed E-state index contributed by atoms with van der Waals surface area (Å²) in [6.07, 6.45) is 3.72. The van der Waals surface area contributed by atoms with Crippen molar-refractivity contribution in [1.29, 1.82) is 0 Å². The minimum Gasteiger partial charge on any atom is -0.380 e. The molecule has 0 aliphatic rings. The fraction of sp³-hybridized carbons (Fsp3) is 0.333. The zero-order chi connectivity index (χ0) is 10.8. The number of aromatic nitrogens is 4. The van der Waals surface area contributed by atoms with Crippen LogP contribution in [0.2, 0.25) is 0 Å². The summed E-state index contributed by atoms with van der Waals surface area (Å²) in [5.74, 6) is 0.459. The number of nitrogens with zero attached hydrogens (tertiary/aromatic N) is 4. The van der Waals surface area contributed by atoms with Gasteiger partial charge in [-0.05, 0) is 6.92 Å². The third-order valence-corrected chi connectivity index (χ3v) is 2.17. The van der Waals surface area contributed by atoms with Gasteiger partial charge in [-0.25, -0.2) is 4.98 Å². The first-order valence-electron chi connectivity index (χ1n) is 4.60. The maximum Gasteiger partial charge on any atom is 0.174 e. The Hall–Kier alpha value is -1.98. The van der Waals surface area contributed by atoms with E-state index >= 15 is 0 Å². The van der Waals surface area contributed by atoms with Gasteiger partial charge in [-0.3, -0.25) is 4.79 Å². The highest BCUT2D eigenvalue weighted by atomic mass is 16.1. The monoisotopic (exact) mass is 205 g/mol. The SMILES string of the molecule is CC(=O)CCn1cnc2c(N)nncc21. The van der Waals surface area contributed by atoms with Crippen molar-refractivity contribution in [3.8, 4) is 0 Å². The van der Waals surface area contributed by atoms with Crippen molar-refractivity contribution in [2.45, 2.75) is 19.9 Å². The summed E-state index contributed by atoms with van der Waals surface area (Å²) < 4.78 is 1.85. The molecule has 6 heteroatoms. The molecule has 0 radical (unpaired) electrons. The van der Waals surface area contributed by atoms with Crippen LogP contribution in [0.3, 0.4) is 0 Å². The molecule has 0 aromatic carbocycles. The molecule has 0 aliphatic carbocycles. The van der Waals surface area contributed by atoms with Crippen LogP contribution < -0.4 is 5.73 Å². The Morgan fingerprint density at radius 2 is 2.40 bits per heavy atom. The predicted octanol–water partition coefficient (Wildman–Crippen LogP) is 0.388. The molecule has 2 heterocycles. The molecule has 6 nitrogen and oxygen atoms in total. The van der Waals surface area contributed by atoms with Crippen LogP contribution >= 0.6 is 0 Å². The second-order valence-corrected chi connectivity index (χ2v) is 3.35. The number of anilines is 1. The standard InChI is InChI=1S/C9H11N5O/c1-6(15)2-3-14-5-11-8-7(14)4-12-13-9(8)10/h4-5H,2-3H2,1H3,(H2,10,13). The third-order valence-electron chi connectivity index (χ3n) is 2.17. The first kappa shape index (κ1) is 9.57. The molecule has 2 rings (SSSR count). The molecule has 0 fully saturated rings. The van der Waals surface area contributed by atoms with E-state index in [1.165, 1.54) is 0 Å². The number of aryl methyl sites for hydroxylation is 1. The van der Waals surface area contributed by atoms with Gasteiger partial charge in [0.15, 0.2) is 5.82 Å². The number of nitrogen functional groups attached to an aromatic ring is 1. The van der Waals surface area contributed by atoms with E-state index in [4.69, 9.17) is 5.73 Å².